The molecule has 1 unspecified atom stereocenters. The number of carboxylic acid groups (broad SMARTS) is 2. The van der Waals surface area contributed by atoms with Gasteiger partial charge < -0.3 is 14.9 Å². The van der Waals surface area contributed by atoms with Gasteiger partial charge in [0, 0.05) is 17.0 Å². The van der Waals surface area contributed by atoms with Crippen LogP contribution < -0.4 is 4.74 Å². The molecule has 0 fully saturated rings. The number of fused-ring (bicyclic) bond motifs is 2. The first-order valence-corrected chi connectivity index (χ1v) is 5.80. The number of pyridine rings is 1. The van der Waals surface area contributed by atoms with Crippen molar-refractivity contribution >= 4 is 28.9 Å². The van der Waals surface area contributed by atoms with Crippen LogP contribution in [0.4, 0.5) is 0 Å². The maximum absolute atomic E-state index is 10.9. The standard InChI is InChI=1S/C14H9NO5/c16-13(17)9-3-1-7-5-8-2-4-11(14(18)19)20-12(8)6-10(7)15-9/h1-6,11H,(H,16,17)(H,18,19). The van der Waals surface area contributed by atoms with Crippen LogP contribution in [0.2, 0.25) is 0 Å². The Balaban J connectivity index is 2.12. The zero-order valence-electron chi connectivity index (χ0n) is 10.1. The Labute approximate surface area is 112 Å². The van der Waals surface area contributed by atoms with E-state index >= 15 is 0 Å². The minimum atomic E-state index is -1.12. The quantitative estimate of drug-likeness (QED) is 0.864. The Hall–Kier alpha value is -2.89. The third kappa shape index (κ3) is 1.97. The summed E-state index contributed by atoms with van der Waals surface area (Å²) in [5.74, 6) is -1.82. The van der Waals surface area contributed by atoms with Crippen LogP contribution in [0.3, 0.4) is 0 Å². The molecular weight excluding hydrogens is 262 g/mol. The van der Waals surface area contributed by atoms with Crippen LogP contribution in [-0.4, -0.2) is 33.2 Å². The Morgan fingerprint density at radius 1 is 1.20 bits per heavy atom. The topological polar surface area (TPSA) is 96.7 Å². The van der Waals surface area contributed by atoms with E-state index in [9.17, 15) is 9.59 Å². The van der Waals surface area contributed by atoms with Crippen molar-refractivity contribution in [3.63, 3.8) is 0 Å². The molecular formula is C14H9NO5. The number of carbonyl (C=O) groups is 2. The molecule has 2 aromatic rings. The first-order valence-electron chi connectivity index (χ1n) is 5.80. The van der Waals surface area contributed by atoms with Gasteiger partial charge in [0.05, 0.1) is 5.52 Å². The van der Waals surface area contributed by atoms with Crippen LogP contribution >= 0.6 is 0 Å². The monoisotopic (exact) mass is 271 g/mol. The van der Waals surface area contributed by atoms with Gasteiger partial charge in [-0.05, 0) is 18.2 Å². The molecule has 0 saturated carbocycles. The highest BCUT2D eigenvalue weighted by atomic mass is 16.5. The average Bonchev–Trinajstić information content (AvgIpc) is 2.43. The Kier molecular flexibility index (Phi) is 2.64. The van der Waals surface area contributed by atoms with E-state index in [1.54, 1.807) is 24.3 Å². The van der Waals surface area contributed by atoms with Gasteiger partial charge in [-0.15, -0.1) is 0 Å². The molecule has 1 aromatic carbocycles. The number of benzene rings is 1. The second kappa shape index (κ2) is 4.34. The van der Waals surface area contributed by atoms with E-state index in [0.29, 0.717) is 11.3 Å². The Morgan fingerprint density at radius 2 is 2.00 bits per heavy atom. The molecule has 100 valence electrons. The molecule has 6 nitrogen and oxygen atoms in total. The smallest absolute Gasteiger partial charge is 0.354 e. The summed E-state index contributed by atoms with van der Waals surface area (Å²) in [6.07, 6.45) is 2.08. The third-order valence-corrected chi connectivity index (χ3v) is 2.99. The molecule has 6 heteroatoms. The fourth-order valence-electron chi connectivity index (χ4n) is 2.02. The molecule has 2 heterocycles. The van der Waals surface area contributed by atoms with E-state index in [2.05, 4.69) is 4.98 Å². The van der Waals surface area contributed by atoms with Crippen molar-refractivity contribution in [3.8, 4) is 5.75 Å². The summed E-state index contributed by atoms with van der Waals surface area (Å²) < 4.78 is 5.33. The minimum absolute atomic E-state index is 0.0708. The van der Waals surface area contributed by atoms with Gasteiger partial charge in [-0.25, -0.2) is 14.6 Å². The van der Waals surface area contributed by atoms with E-state index in [1.807, 2.05) is 0 Å². The lowest BCUT2D eigenvalue weighted by Crippen LogP contribution is -2.26. The van der Waals surface area contributed by atoms with Gasteiger partial charge in [-0.3, -0.25) is 0 Å². The summed E-state index contributed by atoms with van der Waals surface area (Å²) >= 11 is 0. The summed E-state index contributed by atoms with van der Waals surface area (Å²) in [6, 6.07) is 6.40. The van der Waals surface area contributed by atoms with Crippen molar-refractivity contribution in [2.24, 2.45) is 0 Å². The van der Waals surface area contributed by atoms with Gasteiger partial charge >= 0.3 is 11.9 Å². The van der Waals surface area contributed by atoms with Crippen molar-refractivity contribution in [2.75, 3.05) is 0 Å². The molecule has 20 heavy (non-hydrogen) atoms. The molecule has 0 bridgehead atoms. The van der Waals surface area contributed by atoms with Crippen molar-refractivity contribution in [1.82, 2.24) is 4.98 Å². The highest BCUT2D eigenvalue weighted by Gasteiger charge is 2.21. The summed E-state index contributed by atoms with van der Waals surface area (Å²) in [4.78, 5) is 25.8. The van der Waals surface area contributed by atoms with Gasteiger partial charge in [0.15, 0.2) is 0 Å². The molecule has 0 amide bonds. The van der Waals surface area contributed by atoms with E-state index in [4.69, 9.17) is 14.9 Å². The van der Waals surface area contributed by atoms with Crippen LogP contribution in [0, 0.1) is 0 Å². The van der Waals surface area contributed by atoms with Crippen LogP contribution in [0.5, 0.6) is 5.75 Å². The van der Waals surface area contributed by atoms with E-state index < -0.39 is 18.0 Å². The Morgan fingerprint density at radius 3 is 2.70 bits per heavy atom. The molecule has 0 saturated heterocycles. The molecule has 1 aliphatic heterocycles. The predicted octanol–water partition coefficient (Wildman–Crippen LogP) is 1.79. The molecule has 0 spiro atoms. The fourth-order valence-corrected chi connectivity index (χ4v) is 2.02. The number of aromatic nitrogens is 1. The number of hydrogen-bond donors (Lipinski definition) is 2. The van der Waals surface area contributed by atoms with E-state index in [-0.39, 0.29) is 5.69 Å². The van der Waals surface area contributed by atoms with Crippen LogP contribution in [0.25, 0.3) is 17.0 Å². The lowest BCUT2D eigenvalue weighted by atomic mass is 10.1. The zero-order valence-corrected chi connectivity index (χ0v) is 10.1. The highest BCUT2D eigenvalue weighted by Crippen LogP contribution is 2.30. The van der Waals surface area contributed by atoms with Gasteiger partial charge in [-0.1, -0.05) is 12.1 Å². The molecule has 1 aliphatic rings. The van der Waals surface area contributed by atoms with Gasteiger partial charge in [0.2, 0.25) is 6.10 Å². The molecule has 0 aliphatic carbocycles. The number of aliphatic carboxylic acids is 1. The van der Waals surface area contributed by atoms with Crippen molar-refractivity contribution < 1.29 is 24.5 Å². The van der Waals surface area contributed by atoms with E-state index in [1.165, 1.54) is 12.1 Å². The SMILES string of the molecule is O=C(O)c1ccc2cc3c(cc2n1)OC(C(=O)O)C=C3. The molecule has 2 N–H and O–H groups in total. The molecule has 3 rings (SSSR count). The minimum Gasteiger partial charge on any atom is -0.478 e. The maximum atomic E-state index is 10.9. The van der Waals surface area contributed by atoms with Crippen molar-refractivity contribution in [2.45, 2.75) is 6.10 Å². The second-order valence-corrected chi connectivity index (χ2v) is 4.32. The largest absolute Gasteiger partial charge is 0.478 e. The molecule has 1 aromatic heterocycles. The highest BCUT2D eigenvalue weighted by molar-refractivity contribution is 5.91. The fraction of sp³-hybridized carbons (Fsp3) is 0.0714. The number of carboxylic acids is 2. The van der Waals surface area contributed by atoms with Gasteiger partial charge in [-0.2, -0.15) is 0 Å². The van der Waals surface area contributed by atoms with E-state index in [0.717, 1.165) is 10.9 Å². The molecule has 1 atom stereocenters. The second-order valence-electron chi connectivity index (χ2n) is 4.32. The first kappa shape index (κ1) is 12.2. The van der Waals surface area contributed by atoms with Crippen molar-refractivity contribution in [3.05, 3.63) is 41.6 Å². The first-order chi connectivity index (χ1) is 9.54. The lowest BCUT2D eigenvalue weighted by molar-refractivity contribution is -0.142. The number of nitrogens with zero attached hydrogens (tertiary/aromatic N) is 1. The molecule has 0 radical (unpaired) electrons. The van der Waals surface area contributed by atoms with Crippen molar-refractivity contribution in [1.29, 1.82) is 0 Å². The predicted molar refractivity (Wildman–Crippen MR) is 69.8 cm³/mol. The van der Waals surface area contributed by atoms with Crippen LogP contribution in [-0.2, 0) is 4.79 Å². The third-order valence-electron chi connectivity index (χ3n) is 2.99. The maximum Gasteiger partial charge on any atom is 0.354 e. The number of rotatable bonds is 2. The van der Waals surface area contributed by atoms with Crippen LogP contribution in [0.15, 0.2) is 30.3 Å². The lowest BCUT2D eigenvalue weighted by Gasteiger charge is -2.18. The van der Waals surface area contributed by atoms with Gasteiger partial charge in [0.1, 0.15) is 11.4 Å². The van der Waals surface area contributed by atoms with Gasteiger partial charge in [0.25, 0.3) is 0 Å². The Bertz CT molecular complexity index is 765. The summed E-state index contributed by atoms with van der Waals surface area (Å²) in [5, 5.41) is 18.6. The number of aromatic carboxylic acids is 1. The summed E-state index contributed by atoms with van der Waals surface area (Å²) in [6.45, 7) is 0. The summed E-state index contributed by atoms with van der Waals surface area (Å²) in [7, 11) is 0. The average molecular weight is 271 g/mol. The zero-order chi connectivity index (χ0) is 14.3. The number of hydrogen-bond acceptors (Lipinski definition) is 4. The summed E-state index contributed by atoms with van der Waals surface area (Å²) in [5.41, 5.74) is 1.11. The van der Waals surface area contributed by atoms with Crippen LogP contribution in [0.1, 0.15) is 16.1 Å². The normalized spacial score (nSPS) is 16.5. The number of ether oxygens (including phenoxy) is 1.